The number of nitrogens with two attached hydrogens (primary N) is 1. The molecule has 0 atom stereocenters. The van der Waals surface area contributed by atoms with Crippen molar-refractivity contribution in [1.29, 1.82) is 0 Å². The largest absolute Gasteiger partial charge is 0.311 e. The number of amides is 1. The third kappa shape index (κ3) is 3.75. The van der Waals surface area contributed by atoms with Crippen LogP contribution in [0.5, 0.6) is 0 Å². The van der Waals surface area contributed by atoms with Gasteiger partial charge in [0.05, 0.1) is 10.6 Å². The average molecular weight is 383 g/mol. The van der Waals surface area contributed by atoms with E-state index in [0.717, 1.165) is 16.1 Å². The molecular formula is C16H15ClN2O3S2. The maximum Gasteiger partial charge on any atom is 0.238 e. The molecule has 3 rings (SSSR count). The summed E-state index contributed by atoms with van der Waals surface area (Å²) in [5.41, 5.74) is 1.58. The summed E-state index contributed by atoms with van der Waals surface area (Å²) in [6.07, 6.45) is 0.621. The minimum Gasteiger partial charge on any atom is -0.311 e. The van der Waals surface area contributed by atoms with Crippen molar-refractivity contribution in [3.05, 3.63) is 53.1 Å². The summed E-state index contributed by atoms with van der Waals surface area (Å²) in [6, 6.07) is 11.9. The second kappa shape index (κ2) is 6.76. The number of sulfonamides is 1. The van der Waals surface area contributed by atoms with E-state index >= 15 is 0 Å². The van der Waals surface area contributed by atoms with Crippen LogP contribution in [0, 0.1) is 0 Å². The van der Waals surface area contributed by atoms with Gasteiger partial charge in [-0.25, -0.2) is 13.6 Å². The lowest BCUT2D eigenvalue weighted by Gasteiger charge is -2.17. The van der Waals surface area contributed by atoms with E-state index in [1.807, 2.05) is 12.1 Å². The molecule has 0 unspecified atom stereocenters. The number of rotatable bonds is 4. The van der Waals surface area contributed by atoms with Crippen molar-refractivity contribution in [2.45, 2.75) is 16.2 Å². The number of fused-ring (bicyclic) bond motifs is 1. The van der Waals surface area contributed by atoms with Crippen molar-refractivity contribution < 1.29 is 13.2 Å². The molecule has 2 N–H and O–H groups in total. The highest BCUT2D eigenvalue weighted by molar-refractivity contribution is 8.00. The van der Waals surface area contributed by atoms with Gasteiger partial charge in [-0.05, 0) is 54.4 Å². The van der Waals surface area contributed by atoms with Crippen LogP contribution in [0.4, 0.5) is 5.69 Å². The Morgan fingerprint density at radius 2 is 1.92 bits per heavy atom. The van der Waals surface area contributed by atoms with Crippen molar-refractivity contribution in [2.75, 3.05) is 17.2 Å². The molecule has 126 valence electrons. The van der Waals surface area contributed by atoms with Crippen molar-refractivity contribution in [2.24, 2.45) is 5.14 Å². The zero-order chi connectivity index (χ0) is 17.3. The summed E-state index contributed by atoms with van der Waals surface area (Å²) in [4.78, 5) is 15.2. The second-order valence-electron chi connectivity index (χ2n) is 5.37. The Bertz CT molecular complexity index is 883. The first kappa shape index (κ1) is 17.3. The number of anilines is 1. The molecular weight excluding hydrogens is 368 g/mol. The summed E-state index contributed by atoms with van der Waals surface area (Å²) in [5.74, 6) is 0.287. The molecule has 0 aliphatic carbocycles. The van der Waals surface area contributed by atoms with Crippen molar-refractivity contribution in [3.8, 4) is 0 Å². The molecule has 0 saturated heterocycles. The molecule has 8 heteroatoms. The molecule has 2 aromatic carbocycles. The van der Waals surface area contributed by atoms with Crippen LogP contribution >= 0.6 is 23.4 Å². The van der Waals surface area contributed by atoms with Crippen LogP contribution in [-0.2, 0) is 21.2 Å². The molecule has 5 nitrogen and oxygen atoms in total. The van der Waals surface area contributed by atoms with Crippen LogP contribution < -0.4 is 10.0 Å². The highest BCUT2D eigenvalue weighted by Gasteiger charge is 2.25. The van der Waals surface area contributed by atoms with E-state index in [1.165, 1.54) is 17.8 Å². The van der Waals surface area contributed by atoms with E-state index < -0.39 is 10.0 Å². The number of nitrogens with zero attached hydrogens (tertiary/aromatic N) is 1. The van der Waals surface area contributed by atoms with Gasteiger partial charge in [0, 0.05) is 22.2 Å². The molecule has 2 aromatic rings. The minimum absolute atomic E-state index is 0.0166. The third-order valence-electron chi connectivity index (χ3n) is 3.75. The van der Waals surface area contributed by atoms with E-state index in [0.29, 0.717) is 23.7 Å². The Hall–Kier alpha value is -1.54. The monoisotopic (exact) mass is 382 g/mol. The van der Waals surface area contributed by atoms with E-state index in [-0.39, 0.29) is 10.8 Å². The average Bonchev–Trinajstić information content (AvgIpc) is 2.96. The summed E-state index contributed by atoms with van der Waals surface area (Å²) in [5, 5.41) is 5.80. The molecule has 24 heavy (non-hydrogen) atoms. The quantitative estimate of drug-likeness (QED) is 0.824. The predicted octanol–water partition coefficient (Wildman–Crippen LogP) is 2.67. The molecule has 1 aliphatic heterocycles. The van der Waals surface area contributed by atoms with Gasteiger partial charge in [0.15, 0.2) is 0 Å². The van der Waals surface area contributed by atoms with Gasteiger partial charge < -0.3 is 4.90 Å². The zero-order valence-electron chi connectivity index (χ0n) is 12.6. The van der Waals surface area contributed by atoms with E-state index in [1.54, 1.807) is 29.2 Å². The number of halogens is 1. The Balaban J connectivity index is 1.71. The van der Waals surface area contributed by atoms with Crippen molar-refractivity contribution >= 4 is 45.0 Å². The lowest BCUT2D eigenvalue weighted by Crippen LogP contribution is -2.30. The molecule has 0 saturated carbocycles. The number of thioether (sulfide) groups is 1. The fraction of sp³-hybridized carbons (Fsp3) is 0.188. The first-order valence-electron chi connectivity index (χ1n) is 7.19. The maximum absolute atomic E-state index is 12.5. The first-order valence-corrected chi connectivity index (χ1v) is 10.1. The number of primary sulfonamides is 1. The van der Waals surface area contributed by atoms with Gasteiger partial charge in [-0.2, -0.15) is 0 Å². The Morgan fingerprint density at radius 3 is 2.58 bits per heavy atom. The van der Waals surface area contributed by atoms with Crippen molar-refractivity contribution in [1.82, 2.24) is 0 Å². The Labute approximate surface area is 149 Å². The van der Waals surface area contributed by atoms with Gasteiger partial charge in [0.1, 0.15) is 0 Å². The minimum atomic E-state index is -3.73. The fourth-order valence-electron chi connectivity index (χ4n) is 2.57. The molecule has 0 spiro atoms. The van der Waals surface area contributed by atoms with Gasteiger partial charge in [-0.3, -0.25) is 4.79 Å². The fourth-order valence-corrected chi connectivity index (χ4v) is 4.03. The highest BCUT2D eigenvalue weighted by atomic mass is 35.5. The number of carbonyl (C=O) groups is 1. The standard InChI is InChI=1S/C16H15ClN2O3S2/c17-12-1-3-13(4-2-12)23-10-16(20)19-8-7-11-9-14(24(18,21)22)5-6-15(11)19/h1-6,9H,7-8,10H2,(H2,18,21,22). The SMILES string of the molecule is NS(=O)(=O)c1ccc2c(c1)CCN2C(=O)CSc1ccc(Cl)cc1. The Kier molecular flexibility index (Phi) is 4.87. The molecule has 1 heterocycles. The smallest absolute Gasteiger partial charge is 0.238 e. The summed E-state index contributed by atoms with van der Waals surface area (Å²) < 4.78 is 22.8. The predicted molar refractivity (Wildman–Crippen MR) is 96.0 cm³/mol. The van der Waals surface area contributed by atoms with Crippen LogP contribution in [0.25, 0.3) is 0 Å². The normalized spacial score (nSPS) is 13.8. The number of hydrogen-bond donors (Lipinski definition) is 1. The van der Waals surface area contributed by atoms with Crippen LogP contribution in [-0.4, -0.2) is 26.6 Å². The molecule has 1 amide bonds. The number of carbonyl (C=O) groups excluding carboxylic acids is 1. The van der Waals surface area contributed by atoms with Crippen LogP contribution in [0.3, 0.4) is 0 Å². The van der Waals surface area contributed by atoms with Crippen LogP contribution in [0.1, 0.15) is 5.56 Å². The number of hydrogen-bond acceptors (Lipinski definition) is 4. The van der Waals surface area contributed by atoms with Crippen LogP contribution in [0.2, 0.25) is 5.02 Å². The Morgan fingerprint density at radius 1 is 1.21 bits per heavy atom. The zero-order valence-corrected chi connectivity index (χ0v) is 15.0. The molecule has 0 radical (unpaired) electrons. The lowest BCUT2D eigenvalue weighted by molar-refractivity contribution is -0.116. The van der Waals surface area contributed by atoms with E-state index in [9.17, 15) is 13.2 Å². The van der Waals surface area contributed by atoms with Gasteiger partial charge >= 0.3 is 0 Å². The van der Waals surface area contributed by atoms with Gasteiger partial charge in [0.25, 0.3) is 0 Å². The lowest BCUT2D eigenvalue weighted by atomic mass is 10.2. The summed E-state index contributed by atoms with van der Waals surface area (Å²) in [7, 11) is -3.73. The third-order valence-corrected chi connectivity index (χ3v) is 5.91. The molecule has 0 aromatic heterocycles. The summed E-state index contributed by atoms with van der Waals surface area (Å²) >= 11 is 7.28. The first-order chi connectivity index (χ1) is 11.3. The summed E-state index contributed by atoms with van der Waals surface area (Å²) in [6.45, 7) is 0.545. The van der Waals surface area contributed by atoms with Gasteiger partial charge in [-0.1, -0.05) is 11.6 Å². The van der Waals surface area contributed by atoms with E-state index in [2.05, 4.69) is 0 Å². The van der Waals surface area contributed by atoms with Gasteiger partial charge in [-0.15, -0.1) is 11.8 Å². The second-order valence-corrected chi connectivity index (χ2v) is 8.42. The molecule has 0 fully saturated rings. The molecule has 0 bridgehead atoms. The maximum atomic E-state index is 12.5. The molecule has 1 aliphatic rings. The van der Waals surface area contributed by atoms with Crippen molar-refractivity contribution in [3.63, 3.8) is 0 Å². The van der Waals surface area contributed by atoms with Crippen LogP contribution in [0.15, 0.2) is 52.3 Å². The highest BCUT2D eigenvalue weighted by Crippen LogP contribution is 2.31. The van der Waals surface area contributed by atoms with E-state index in [4.69, 9.17) is 16.7 Å². The van der Waals surface area contributed by atoms with Gasteiger partial charge in [0.2, 0.25) is 15.9 Å². The number of benzene rings is 2. The topological polar surface area (TPSA) is 80.5 Å².